The molecule has 0 saturated heterocycles. The number of rotatable bonds is 2. The van der Waals surface area contributed by atoms with Crippen molar-refractivity contribution in [2.75, 3.05) is 6.61 Å². The first-order valence-corrected chi connectivity index (χ1v) is 1.34. The van der Waals surface area contributed by atoms with Crippen LogP contribution in [-0.2, 0) is 4.74 Å². The van der Waals surface area contributed by atoms with Crippen molar-refractivity contribution >= 4 is 0 Å². The van der Waals surface area contributed by atoms with Gasteiger partial charge in [0.15, 0.2) is 7.11 Å². The van der Waals surface area contributed by atoms with Crippen molar-refractivity contribution in [3.8, 4) is 0 Å². The molecule has 3 radical (unpaired) electrons. The molecule has 0 aliphatic heterocycles. The Kier molecular flexibility index (Phi) is 2.94. The average Bonchev–Trinajstić information content (AvgIpc) is 1.35. The van der Waals surface area contributed by atoms with Gasteiger partial charge in [-0.1, -0.05) is 0 Å². The van der Waals surface area contributed by atoms with Gasteiger partial charge in [-0.25, -0.2) is 8.78 Å². The molecule has 0 spiro atoms. The van der Waals surface area contributed by atoms with Crippen molar-refractivity contribution in [1.29, 1.82) is 0 Å². The number of hydrogen-bond donors (Lipinski definition) is 0. The summed E-state index contributed by atoms with van der Waals surface area (Å²) in [5.74, 6) is 0. The van der Waals surface area contributed by atoms with Gasteiger partial charge in [0.25, 0.3) is 6.43 Å². The standard InChI is InChI=1S/C3H3F2O/c1-6-2-3(4)5/h3H,2H2. The summed E-state index contributed by atoms with van der Waals surface area (Å²) in [6, 6.07) is 0. The highest BCUT2D eigenvalue weighted by atomic mass is 19.3. The summed E-state index contributed by atoms with van der Waals surface area (Å²) in [5, 5.41) is 0. The Bertz CT molecular complexity index is 30.0. The molecule has 0 rings (SSSR count). The second-order valence-electron chi connectivity index (χ2n) is 0.702. The van der Waals surface area contributed by atoms with E-state index in [4.69, 9.17) is 7.11 Å². The van der Waals surface area contributed by atoms with Crippen LogP contribution in [0.5, 0.6) is 0 Å². The molecule has 6 heavy (non-hydrogen) atoms. The van der Waals surface area contributed by atoms with Crippen molar-refractivity contribution in [3.63, 3.8) is 0 Å². The molecule has 0 aromatic rings. The molecule has 0 bridgehead atoms. The van der Waals surface area contributed by atoms with Crippen LogP contribution in [0.3, 0.4) is 0 Å². The van der Waals surface area contributed by atoms with Crippen molar-refractivity contribution in [2.45, 2.75) is 6.43 Å². The zero-order valence-electron chi connectivity index (χ0n) is 2.95. The summed E-state index contributed by atoms with van der Waals surface area (Å²) < 4.78 is 24.9. The fourth-order valence-electron chi connectivity index (χ4n) is 0.0630. The van der Waals surface area contributed by atoms with Crippen LogP contribution >= 0.6 is 0 Å². The molecule has 0 unspecified atom stereocenters. The molecule has 0 fully saturated rings. The average molecular weight is 93.1 g/mol. The third-order valence-electron chi connectivity index (χ3n) is 0.209. The summed E-state index contributed by atoms with van der Waals surface area (Å²) in [6.45, 7) is -0.792. The Morgan fingerprint density at radius 1 is 1.67 bits per heavy atom. The van der Waals surface area contributed by atoms with Gasteiger partial charge in [-0.2, -0.15) is 0 Å². The first-order chi connectivity index (χ1) is 2.77. The number of alkyl halides is 2. The smallest absolute Gasteiger partial charge is 0.261 e. The van der Waals surface area contributed by atoms with E-state index in [1.165, 1.54) is 0 Å². The van der Waals surface area contributed by atoms with Gasteiger partial charge in [0.05, 0.1) is 0 Å². The van der Waals surface area contributed by atoms with Crippen LogP contribution in [0, 0.1) is 7.11 Å². The molecule has 0 aliphatic carbocycles. The van der Waals surface area contributed by atoms with E-state index < -0.39 is 13.0 Å². The Hall–Kier alpha value is -0.180. The zero-order chi connectivity index (χ0) is 4.99. The molecule has 0 amide bonds. The number of halogens is 2. The Morgan fingerprint density at radius 2 is 2.17 bits per heavy atom. The molecule has 0 N–H and O–H groups in total. The molecular weight excluding hydrogens is 90.0 g/mol. The lowest BCUT2D eigenvalue weighted by atomic mass is 10.8. The van der Waals surface area contributed by atoms with Crippen LogP contribution in [0.25, 0.3) is 0 Å². The number of ether oxygens (including phenoxy) is 1. The van der Waals surface area contributed by atoms with Crippen molar-refractivity contribution < 1.29 is 13.5 Å². The van der Waals surface area contributed by atoms with Gasteiger partial charge in [-0.15, -0.1) is 0 Å². The molecule has 0 heterocycles. The second-order valence-corrected chi connectivity index (χ2v) is 0.702. The largest absolute Gasteiger partial charge is 0.359 e. The van der Waals surface area contributed by atoms with E-state index in [2.05, 4.69) is 4.74 Å². The topological polar surface area (TPSA) is 9.23 Å². The van der Waals surface area contributed by atoms with Gasteiger partial charge in [0.2, 0.25) is 0 Å². The minimum absolute atomic E-state index is 0.792. The lowest BCUT2D eigenvalue weighted by Gasteiger charge is -1.89. The third kappa shape index (κ3) is 3.82. The maximum atomic E-state index is 10.8. The lowest BCUT2D eigenvalue weighted by Crippen LogP contribution is -1.97. The zero-order valence-corrected chi connectivity index (χ0v) is 2.95. The van der Waals surface area contributed by atoms with E-state index >= 15 is 0 Å². The third-order valence-corrected chi connectivity index (χ3v) is 0.209. The molecule has 3 heteroatoms. The van der Waals surface area contributed by atoms with Crippen LogP contribution in [0.1, 0.15) is 0 Å². The predicted octanol–water partition coefficient (Wildman–Crippen LogP) is 0.814. The maximum absolute atomic E-state index is 10.8. The van der Waals surface area contributed by atoms with Crippen molar-refractivity contribution in [2.24, 2.45) is 0 Å². The van der Waals surface area contributed by atoms with Gasteiger partial charge in [-0.3, -0.25) is 0 Å². The summed E-state index contributed by atoms with van der Waals surface area (Å²) in [6.07, 6.45) is -2.51. The monoisotopic (exact) mass is 93.0 g/mol. The molecule has 0 aromatic carbocycles. The second kappa shape index (κ2) is 3.03. The molecular formula is C3H3F2O. The molecule has 1 nitrogen and oxygen atoms in total. The first kappa shape index (κ1) is 5.82. The highest BCUT2D eigenvalue weighted by molar-refractivity contribution is 4.29. The number of hydrogen-bond acceptors (Lipinski definition) is 1. The Morgan fingerprint density at radius 3 is 2.17 bits per heavy atom. The van der Waals surface area contributed by atoms with Crippen LogP contribution in [-0.4, -0.2) is 13.0 Å². The molecule has 0 aromatic heterocycles. The van der Waals surface area contributed by atoms with Crippen LogP contribution < -0.4 is 0 Å². The summed E-state index contributed by atoms with van der Waals surface area (Å²) in [7, 11) is 5.75. The van der Waals surface area contributed by atoms with E-state index in [-0.39, 0.29) is 0 Å². The Balaban J connectivity index is 2.63. The minimum atomic E-state index is -2.51. The normalized spacial score (nSPS) is 10.0. The highest BCUT2D eigenvalue weighted by Crippen LogP contribution is 1.89. The van der Waals surface area contributed by atoms with Gasteiger partial charge in [0, 0.05) is 0 Å². The van der Waals surface area contributed by atoms with E-state index in [0.29, 0.717) is 0 Å². The van der Waals surface area contributed by atoms with Gasteiger partial charge in [0.1, 0.15) is 6.61 Å². The quantitative estimate of drug-likeness (QED) is 0.491. The first-order valence-electron chi connectivity index (χ1n) is 1.34. The van der Waals surface area contributed by atoms with Crippen molar-refractivity contribution in [1.82, 2.24) is 0 Å². The fourth-order valence-corrected chi connectivity index (χ4v) is 0.0630. The van der Waals surface area contributed by atoms with Crippen molar-refractivity contribution in [3.05, 3.63) is 7.11 Å². The predicted molar refractivity (Wildman–Crippen MR) is 15.2 cm³/mol. The fraction of sp³-hybridized carbons (Fsp3) is 0.667. The lowest BCUT2D eigenvalue weighted by molar-refractivity contribution is 0.0577. The molecule has 0 atom stereocenters. The minimum Gasteiger partial charge on any atom is -0.359 e. The molecule has 0 saturated carbocycles. The highest BCUT2D eigenvalue weighted by Gasteiger charge is 1.96. The maximum Gasteiger partial charge on any atom is 0.261 e. The molecule has 0 aliphatic rings. The van der Waals surface area contributed by atoms with Crippen LogP contribution in [0.15, 0.2) is 0 Å². The molecule has 35 valence electrons. The van der Waals surface area contributed by atoms with E-state index in [0.717, 1.165) is 0 Å². The van der Waals surface area contributed by atoms with E-state index in [1.807, 2.05) is 0 Å². The van der Waals surface area contributed by atoms with Gasteiger partial charge in [-0.05, 0) is 0 Å². The van der Waals surface area contributed by atoms with E-state index in [9.17, 15) is 8.78 Å². The SMILES string of the molecule is [C]OCC(F)F. The van der Waals surface area contributed by atoms with Gasteiger partial charge < -0.3 is 4.74 Å². The summed E-state index contributed by atoms with van der Waals surface area (Å²) in [4.78, 5) is 0. The summed E-state index contributed by atoms with van der Waals surface area (Å²) >= 11 is 0. The van der Waals surface area contributed by atoms with Gasteiger partial charge >= 0.3 is 0 Å². The van der Waals surface area contributed by atoms with E-state index in [1.54, 1.807) is 0 Å². The Labute approximate surface area is 34.9 Å². The van der Waals surface area contributed by atoms with Crippen LogP contribution in [0.2, 0.25) is 0 Å². The summed E-state index contributed by atoms with van der Waals surface area (Å²) in [5.41, 5.74) is 0. The van der Waals surface area contributed by atoms with Crippen LogP contribution in [0.4, 0.5) is 8.78 Å².